The van der Waals surface area contributed by atoms with E-state index in [-0.39, 0.29) is 0 Å². The van der Waals surface area contributed by atoms with Crippen LogP contribution in [0.2, 0.25) is 0 Å². The van der Waals surface area contributed by atoms with Gasteiger partial charge in [0.1, 0.15) is 0 Å². The molecule has 2 aromatic heterocycles. The monoisotopic (exact) mass is 323 g/mol. The van der Waals surface area contributed by atoms with Gasteiger partial charge in [-0.2, -0.15) is 5.10 Å². The smallest absolute Gasteiger partial charge is 0.221 e. The van der Waals surface area contributed by atoms with Crippen molar-refractivity contribution in [3.05, 3.63) is 34.8 Å². The Morgan fingerprint density at radius 1 is 1.32 bits per heavy atom. The molecule has 0 aliphatic rings. The number of aromatic nitrogens is 3. The number of hydrogen-bond acceptors (Lipinski definition) is 3. The number of pyridine rings is 1. The number of alkyl halides is 1. The predicted octanol–water partition coefficient (Wildman–Crippen LogP) is 3.68. The molecular formula is C14H18BrN3O. The number of nitrogens with zero attached hydrogens (tertiary/aromatic N) is 3. The maximum Gasteiger partial charge on any atom is 0.221 e. The predicted molar refractivity (Wildman–Crippen MR) is 79.0 cm³/mol. The Bertz CT molecular complexity index is 593. The van der Waals surface area contributed by atoms with Crippen LogP contribution in [0.15, 0.2) is 12.1 Å². The van der Waals surface area contributed by atoms with Crippen molar-refractivity contribution in [2.75, 3.05) is 0 Å². The Morgan fingerprint density at radius 3 is 2.68 bits per heavy atom. The minimum atomic E-state index is 0.725. The minimum Gasteiger partial charge on any atom is -0.437 e. The van der Waals surface area contributed by atoms with Crippen LogP contribution in [0.5, 0.6) is 11.6 Å². The molecule has 0 atom stereocenters. The van der Waals surface area contributed by atoms with E-state index in [1.165, 1.54) is 0 Å². The Kier molecular flexibility index (Phi) is 4.24. The van der Waals surface area contributed by atoms with Gasteiger partial charge in [0.2, 0.25) is 5.88 Å². The zero-order chi connectivity index (χ0) is 14.0. The van der Waals surface area contributed by atoms with E-state index in [0.717, 1.165) is 46.0 Å². The summed E-state index contributed by atoms with van der Waals surface area (Å²) < 4.78 is 7.81. The Hall–Kier alpha value is -1.36. The van der Waals surface area contributed by atoms with E-state index < -0.39 is 0 Å². The van der Waals surface area contributed by atoms with Gasteiger partial charge < -0.3 is 4.74 Å². The van der Waals surface area contributed by atoms with Crippen molar-refractivity contribution in [1.82, 2.24) is 14.8 Å². The van der Waals surface area contributed by atoms with E-state index in [1.807, 2.05) is 33.0 Å². The molecule has 5 heteroatoms. The molecule has 2 heterocycles. The quantitative estimate of drug-likeness (QED) is 0.806. The largest absolute Gasteiger partial charge is 0.437 e. The summed E-state index contributed by atoms with van der Waals surface area (Å²) in [4.78, 5) is 4.51. The molecule has 2 aromatic rings. The third-order valence-electron chi connectivity index (χ3n) is 3.04. The van der Waals surface area contributed by atoms with Gasteiger partial charge in [-0.05, 0) is 32.4 Å². The second-order valence-corrected chi connectivity index (χ2v) is 5.04. The molecule has 0 unspecified atom stereocenters. The zero-order valence-corrected chi connectivity index (χ0v) is 13.3. The Balaban J connectivity index is 2.41. The van der Waals surface area contributed by atoms with Crippen LogP contribution in [0.3, 0.4) is 0 Å². The Labute approximate surface area is 121 Å². The van der Waals surface area contributed by atoms with Crippen LogP contribution in [-0.4, -0.2) is 14.8 Å². The lowest BCUT2D eigenvalue weighted by Crippen LogP contribution is -2.00. The summed E-state index contributed by atoms with van der Waals surface area (Å²) in [6, 6.07) is 3.94. The van der Waals surface area contributed by atoms with Crippen LogP contribution in [0.25, 0.3) is 0 Å². The highest BCUT2D eigenvalue weighted by molar-refractivity contribution is 9.08. The first-order valence-electron chi connectivity index (χ1n) is 6.29. The number of hydrogen-bond donors (Lipinski definition) is 0. The fourth-order valence-electron chi connectivity index (χ4n) is 2.01. The van der Waals surface area contributed by atoms with E-state index >= 15 is 0 Å². The molecule has 0 radical (unpaired) electrons. The van der Waals surface area contributed by atoms with Crippen LogP contribution in [-0.2, 0) is 18.8 Å². The van der Waals surface area contributed by atoms with Crippen LogP contribution in [0.4, 0.5) is 0 Å². The van der Waals surface area contributed by atoms with E-state index in [9.17, 15) is 0 Å². The summed E-state index contributed by atoms with van der Waals surface area (Å²) in [5, 5.41) is 5.12. The van der Waals surface area contributed by atoms with Crippen molar-refractivity contribution in [2.24, 2.45) is 7.05 Å². The van der Waals surface area contributed by atoms with Crippen molar-refractivity contribution in [1.29, 1.82) is 0 Å². The summed E-state index contributed by atoms with van der Waals surface area (Å²) >= 11 is 3.48. The summed E-state index contributed by atoms with van der Waals surface area (Å²) in [6.45, 7) is 6.05. The van der Waals surface area contributed by atoms with Crippen molar-refractivity contribution in [3.63, 3.8) is 0 Å². The lowest BCUT2D eigenvalue weighted by molar-refractivity contribution is 0.420. The minimum absolute atomic E-state index is 0.725. The standard InChI is InChI=1S/C14H18BrN3O/c1-5-12-13(7-6-9(2)16-12)19-14-11(8-15)10(3)17-18(14)4/h6-7H,5,8H2,1-4H3. The summed E-state index contributed by atoms with van der Waals surface area (Å²) in [5.41, 5.74) is 4.03. The number of aryl methyl sites for hydroxylation is 4. The van der Waals surface area contributed by atoms with Crippen molar-refractivity contribution in [2.45, 2.75) is 32.5 Å². The molecule has 19 heavy (non-hydrogen) atoms. The van der Waals surface area contributed by atoms with Crippen molar-refractivity contribution < 1.29 is 4.74 Å². The third-order valence-corrected chi connectivity index (χ3v) is 3.60. The second-order valence-electron chi connectivity index (χ2n) is 4.48. The molecule has 0 aliphatic heterocycles. The zero-order valence-electron chi connectivity index (χ0n) is 11.7. The molecule has 0 spiro atoms. The van der Waals surface area contributed by atoms with Gasteiger partial charge in [0, 0.05) is 23.6 Å². The van der Waals surface area contributed by atoms with Gasteiger partial charge in [0.15, 0.2) is 5.75 Å². The molecule has 0 fully saturated rings. The first-order chi connectivity index (χ1) is 9.06. The van der Waals surface area contributed by atoms with Crippen LogP contribution < -0.4 is 4.74 Å². The first kappa shape index (κ1) is 14.1. The highest BCUT2D eigenvalue weighted by atomic mass is 79.9. The van der Waals surface area contributed by atoms with Crippen molar-refractivity contribution in [3.8, 4) is 11.6 Å². The fraction of sp³-hybridized carbons (Fsp3) is 0.429. The third kappa shape index (κ3) is 2.81. The average molecular weight is 324 g/mol. The highest BCUT2D eigenvalue weighted by Crippen LogP contribution is 2.30. The van der Waals surface area contributed by atoms with E-state index in [4.69, 9.17) is 4.74 Å². The first-order valence-corrected chi connectivity index (χ1v) is 7.41. The lowest BCUT2D eigenvalue weighted by Gasteiger charge is -2.11. The maximum atomic E-state index is 6.04. The fourth-order valence-corrected chi connectivity index (χ4v) is 2.66. The molecule has 102 valence electrons. The maximum absolute atomic E-state index is 6.04. The van der Waals surface area contributed by atoms with E-state index in [1.54, 1.807) is 4.68 Å². The van der Waals surface area contributed by atoms with Gasteiger partial charge in [-0.15, -0.1) is 0 Å². The molecule has 4 nitrogen and oxygen atoms in total. The number of rotatable bonds is 4. The van der Waals surface area contributed by atoms with Gasteiger partial charge in [0.05, 0.1) is 11.4 Å². The second kappa shape index (κ2) is 5.74. The van der Waals surface area contributed by atoms with Gasteiger partial charge >= 0.3 is 0 Å². The van der Waals surface area contributed by atoms with Gasteiger partial charge in [-0.3, -0.25) is 4.98 Å². The van der Waals surface area contributed by atoms with Gasteiger partial charge in [0.25, 0.3) is 0 Å². The van der Waals surface area contributed by atoms with Crippen LogP contribution in [0, 0.1) is 13.8 Å². The summed E-state index contributed by atoms with van der Waals surface area (Å²) in [7, 11) is 1.89. The molecule has 0 amide bonds. The van der Waals surface area contributed by atoms with Gasteiger partial charge in [-0.1, -0.05) is 22.9 Å². The van der Waals surface area contributed by atoms with Crippen LogP contribution in [0.1, 0.15) is 29.6 Å². The molecule has 0 saturated heterocycles. The molecule has 0 aromatic carbocycles. The van der Waals surface area contributed by atoms with E-state index in [0.29, 0.717) is 0 Å². The highest BCUT2D eigenvalue weighted by Gasteiger charge is 2.16. The summed E-state index contributed by atoms with van der Waals surface area (Å²) in [5.74, 6) is 1.58. The molecular weight excluding hydrogens is 306 g/mol. The normalized spacial score (nSPS) is 10.8. The SMILES string of the molecule is CCc1nc(C)ccc1Oc1c(CBr)c(C)nn1C. The number of halogens is 1. The topological polar surface area (TPSA) is 39.9 Å². The summed E-state index contributed by atoms with van der Waals surface area (Å²) in [6.07, 6.45) is 0.845. The molecule has 0 saturated carbocycles. The lowest BCUT2D eigenvalue weighted by atomic mass is 10.2. The van der Waals surface area contributed by atoms with Crippen molar-refractivity contribution >= 4 is 15.9 Å². The molecule has 0 N–H and O–H groups in total. The number of ether oxygens (including phenoxy) is 1. The molecule has 0 aliphatic carbocycles. The van der Waals surface area contributed by atoms with Gasteiger partial charge in [-0.25, -0.2) is 4.68 Å². The Morgan fingerprint density at radius 2 is 2.05 bits per heavy atom. The van der Waals surface area contributed by atoms with Crippen LogP contribution >= 0.6 is 15.9 Å². The average Bonchev–Trinajstić information content (AvgIpc) is 2.65. The van der Waals surface area contributed by atoms with E-state index in [2.05, 4.69) is 32.9 Å². The molecule has 0 bridgehead atoms. The molecule has 2 rings (SSSR count).